The monoisotopic (exact) mass is 288 g/mol. The normalized spacial score (nSPS) is 17.7. The third-order valence-corrected chi connectivity index (χ3v) is 3.67. The number of amides is 3. The Morgan fingerprint density at radius 3 is 3.10 bits per heavy atom. The van der Waals surface area contributed by atoms with E-state index in [-0.39, 0.29) is 11.9 Å². The molecule has 6 nitrogen and oxygen atoms in total. The van der Waals surface area contributed by atoms with Crippen LogP contribution in [0.25, 0.3) is 0 Å². The molecule has 3 amide bonds. The first-order chi connectivity index (χ1) is 10.0. The molecule has 1 N–H and O–H groups in total. The quantitative estimate of drug-likeness (QED) is 0.857. The zero-order chi connectivity index (χ0) is 15.4. The average molecular weight is 288 g/mol. The molecule has 0 unspecified atom stereocenters. The summed E-state index contributed by atoms with van der Waals surface area (Å²) in [6, 6.07) is 1.04. The number of urea groups is 1. The number of rotatable bonds is 4. The molecule has 0 aliphatic carbocycles. The fraction of sp³-hybridized carbons (Fsp3) is 0.400. The van der Waals surface area contributed by atoms with Gasteiger partial charge in [0.05, 0.1) is 0 Å². The molecule has 0 radical (unpaired) electrons. The summed E-state index contributed by atoms with van der Waals surface area (Å²) in [6.45, 7) is 6.68. The Labute approximate surface area is 124 Å². The molecule has 112 valence electrons. The van der Waals surface area contributed by atoms with Crippen molar-refractivity contribution in [2.45, 2.75) is 19.4 Å². The molecular weight excluding hydrogens is 268 g/mol. The van der Waals surface area contributed by atoms with Crippen LogP contribution in [0.4, 0.5) is 10.5 Å². The van der Waals surface area contributed by atoms with E-state index in [0.717, 1.165) is 5.56 Å². The van der Waals surface area contributed by atoms with Gasteiger partial charge in [-0.1, -0.05) is 6.08 Å². The van der Waals surface area contributed by atoms with Crippen molar-refractivity contribution in [3.05, 3.63) is 36.7 Å². The van der Waals surface area contributed by atoms with Gasteiger partial charge in [-0.15, -0.1) is 6.58 Å². The molecule has 0 saturated carbocycles. The lowest BCUT2D eigenvalue weighted by molar-refractivity contribution is -0.130. The molecule has 1 aliphatic rings. The second-order valence-corrected chi connectivity index (χ2v) is 5.11. The molecular formula is C15H20N4O2. The molecule has 1 fully saturated rings. The lowest BCUT2D eigenvalue weighted by atomic mass is 10.2. The molecule has 0 aromatic carbocycles. The van der Waals surface area contributed by atoms with Gasteiger partial charge in [-0.3, -0.25) is 9.78 Å². The van der Waals surface area contributed by atoms with Crippen molar-refractivity contribution in [1.82, 2.24) is 14.8 Å². The second kappa shape index (κ2) is 6.39. The Kier molecular flexibility index (Phi) is 4.57. The molecule has 21 heavy (non-hydrogen) atoms. The Hall–Kier alpha value is -2.37. The highest BCUT2D eigenvalue weighted by Crippen LogP contribution is 2.18. The van der Waals surface area contributed by atoms with Gasteiger partial charge in [-0.05, 0) is 25.0 Å². The third-order valence-electron chi connectivity index (χ3n) is 3.67. The number of hydrogen-bond acceptors (Lipinski definition) is 3. The van der Waals surface area contributed by atoms with E-state index in [1.54, 1.807) is 36.5 Å². The van der Waals surface area contributed by atoms with E-state index in [9.17, 15) is 9.59 Å². The summed E-state index contributed by atoms with van der Waals surface area (Å²) in [5.74, 6) is -0.0287. The maximum Gasteiger partial charge on any atom is 0.322 e. The maximum absolute atomic E-state index is 12.3. The number of hydrogen-bond donors (Lipinski definition) is 1. The number of anilines is 1. The molecule has 1 saturated heterocycles. The molecule has 2 heterocycles. The Balaban J connectivity index is 2.02. The molecule has 0 bridgehead atoms. The Morgan fingerprint density at radius 2 is 2.43 bits per heavy atom. The fourth-order valence-corrected chi connectivity index (χ4v) is 2.38. The highest BCUT2D eigenvalue weighted by Gasteiger charge is 2.35. The number of aryl methyl sites for hydroxylation is 1. The van der Waals surface area contributed by atoms with Crippen LogP contribution in [0.3, 0.4) is 0 Å². The molecule has 0 spiro atoms. The van der Waals surface area contributed by atoms with Gasteiger partial charge in [0.2, 0.25) is 5.91 Å². The van der Waals surface area contributed by atoms with Crippen LogP contribution in [-0.2, 0) is 4.79 Å². The van der Waals surface area contributed by atoms with Crippen molar-refractivity contribution in [2.75, 3.05) is 25.5 Å². The number of likely N-dealkylation sites (tertiary alicyclic amines) is 1. The number of carbonyl (C=O) groups is 2. The first-order valence-corrected chi connectivity index (χ1v) is 6.88. The van der Waals surface area contributed by atoms with E-state index in [2.05, 4.69) is 16.9 Å². The summed E-state index contributed by atoms with van der Waals surface area (Å²) in [5.41, 5.74) is 1.58. The number of aromatic nitrogens is 1. The van der Waals surface area contributed by atoms with Gasteiger partial charge >= 0.3 is 6.03 Å². The van der Waals surface area contributed by atoms with Gasteiger partial charge in [-0.2, -0.15) is 0 Å². The molecule has 1 aromatic heterocycles. The van der Waals surface area contributed by atoms with Crippen molar-refractivity contribution in [2.24, 2.45) is 0 Å². The summed E-state index contributed by atoms with van der Waals surface area (Å²) in [4.78, 5) is 31.6. The highest BCUT2D eigenvalue weighted by atomic mass is 16.2. The van der Waals surface area contributed by atoms with Crippen LogP contribution in [0.15, 0.2) is 31.1 Å². The summed E-state index contributed by atoms with van der Waals surface area (Å²) >= 11 is 0. The van der Waals surface area contributed by atoms with E-state index in [4.69, 9.17) is 0 Å². The minimum Gasteiger partial charge on any atom is -0.337 e. The van der Waals surface area contributed by atoms with Crippen LogP contribution >= 0.6 is 0 Å². The third kappa shape index (κ3) is 3.21. The molecule has 1 aromatic rings. The number of carbonyl (C=O) groups excluding carboxylic acids is 2. The zero-order valence-corrected chi connectivity index (χ0v) is 12.4. The SMILES string of the molecule is C=CCN1CC[C@H](N(C)C(=O)Nc2ccncc2C)C1=O. The molecule has 6 heteroatoms. The summed E-state index contributed by atoms with van der Waals surface area (Å²) in [6.07, 6.45) is 5.64. The van der Waals surface area contributed by atoms with E-state index >= 15 is 0 Å². The summed E-state index contributed by atoms with van der Waals surface area (Å²) in [7, 11) is 1.64. The number of nitrogens with one attached hydrogen (secondary N) is 1. The van der Waals surface area contributed by atoms with E-state index in [1.807, 2.05) is 6.92 Å². The van der Waals surface area contributed by atoms with Crippen molar-refractivity contribution >= 4 is 17.6 Å². The van der Waals surface area contributed by atoms with Gasteiger partial charge < -0.3 is 15.1 Å². The largest absolute Gasteiger partial charge is 0.337 e. The van der Waals surface area contributed by atoms with Crippen LogP contribution < -0.4 is 5.32 Å². The number of nitrogens with zero attached hydrogens (tertiary/aromatic N) is 3. The summed E-state index contributed by atoms with van der Waals surface area (Å²) in [5, 5.41) is 2.81. The number of pyridine rings is 1. The van der Waals surface area contributed by atoms with Gasteiger partial charge in [-0.25, -0.2) is 4.79 Å². The van der Waals surface area contributed by atoms with Crippen molar-refractivity contribution in [3.63, 3.8) is 0 Å². The van der Waals surface area contributed by atoms with E-state index < -0.39 is 6.04 Å². The van der Waals surface area contributed by atoms with Crippen LogP contribution in [0.5, 0.6) is 0 Å². The van der Waals surface area contributed by atoms with Gasteiger partial charge in [0.15, 0.2) is 0 Å². The lowest BCUT2D eigenvalue weighted by Crippen LogP contribution is -2.44. The second-order valence-electron chi connectivity index (χ2n) is 5.11. The van der Waals surface area contributed by atoms with E-state index in [1.165, 1.54) is 4.90 Å². The predicted molar refractivity (Wildman–Crippen MR) is 80.9 cm³/mol. The molecule has 2 rings (SSSR count). The Bertz CT molecular complexity index is 558. The minimum atomic E-state index is -0.410. The van der Waals surface area contributed by atoms with Crippen molar-refractivity contribution < 1.29 is 9.59 Å². The Morgan fingerprint density at radius 1 is 1.67 bits per heavy atom. The maximum atomic E-state index is 12.3. The standard InChI is InChI=1S/C15H20N4O2/c1-4-8-19-9-6-13(14(19)20)18(3)15(21)17-12-5-7-16-10-11(12)2/h4-5,7,10,13H,1,6,8-9H2,2-3H3,(H,16,17,21)/t13-/m0/s1. The smallest absolute Gasteiger partial charge is 0.322 e. The first kappa shape index (κ1) is 15.0. The minimum absolute atomic E-state index is 0.0287. The van der Waals surface area contributed by atoms with Gasteiger partial charge in [0.1, 0.15) is 6.04 Å². The molecule has 1 atom stereocenters. The van der Waals surface area contributed by atoms with E-state index in [0.29, 0.717) is 25.2 Å². The van der Waals surface area contributed by atoms with Crippen LogP contribution in [-0.4, -0.2) is 52.9 Å². The fourth-order valence-electron chi connectivity index (χ4n) is 2.38. The van der Waals surface area contributed by atoms with Crippen LogP contribution in [0.2, 0.25) is 0 Å². The topological polar surface area (TPSA) is 65.5 Å². The van der Waals surface area contributed by atoms with Gasteiger partial charge in [0, 0.05) is 38.2 Å². The lowest BCUT2D eigenvalue weighted by Gasteiger charge is -2.24. The highest BCUT2D eigenvalue weighted by molar-refractivity contribution is 5.94. The van der Waals surface area contributed by atoms with Crippen molar-refractivity contribution in [1.29, 1.82) is 0 Å². The zero-order valence-electron chi connectivity index (χ0n) is 12.4. The average Bonchev–Trinajstić information content (AvgIpc) is 2.82. The van der Waals surface area contributed by atoms with Crippen molar-refractivity contribution in [3.8, 4) is 0 Å². The van der Waals surface area contributed by atoms with Gasteiger partial charge in [0.25, 0.3) is 0 Å². The number of likely N-dealkylation sites (N-methyl/N-ethyl adjacent to an activating group) is 1. The molecule has 1 aliphatic heterocycles. The first-order valence-electron chi connectivity index (χ1n) is 6.88. The summed E-state index contributed by atoms with van der Waals surface area (Å²) < 4.78 is 0. The van der Waals surface area contributed by atoms with Crippen LogP contribution in [0, 0.1) is 6.92 Å². The predicted octanol–water partition coefficient (Wildman–Crippen LogP) is 1.64. The van der Waals surface area contributed by atoms with Crippen LogP contribution in [0.1, 0.15) is 12.0 Å².